The highest BCUT2D eigenvalue weighted by atomic mass is 79.9. The van der Waals surface area contributed by atoms with Gasteiger partial charge in [0.2, 0.25) is 0 Å². The summed E-state index contributed by atoms with van der Waals surface area (Å²) in [6.07, 6.45) is 3.23. The molecule has 0 aliphatic rings. The quantitative estimate of drug-likeness (QED) is 0.436. The van der Waals surface area contributed by atoms with Crippen LogP contribution in [-0.4, -0.2) is 13.7 Å². The van der Waals surface area contributed by atoms with Crippen molar-refractivity contribution >= 4 is 15.9 Å². The van der Waals surface area contributed by atoms with E-state index in [1.54, 1.807) is 12.1 Å². The van der Waals surface area contributed by atoms with Gasteiger partial charge in [-0.1, -0.05) is 53.2 Å². The fourth-order valence-corrected chi connectivity index (χ4v) is 1.72. The Morgan fingerprint density at radius 1 is 1.37 bits per heavy atom. The molecule has 0 spiro atoms. The second-order valence-corrected chi connectivity index (χ2v) is 4.43. The number of unbranched alkanes of at least 4 members (excludes halogenated alkanes) is 2. The van der Waals surface area contributed by atoms with Crippen LogP contribution in [0.1, 0.15) is 31.7 Å². The summed E-state index contributed by atoms with van der Waals surface area (Å²) >= 11 is 3.23. The van der Waals surface area contributed by atoms with Gasteiger partial charge in [-0.05, 0) is 18.6 Å². The van der Waals surface area contributed by atoms with Crippen LogP contribution in [0, 0.1) is 11.8 Å². The van der Waals surface area contributed by atoms with Crippen molar-refractivity contribution in [2.24, 2.45) is 0 Å². The van der Waals surface area contributed by atoms with Crippen molar-refractivity contribution < 1.29 is 9.47 Å². The third kappa shape index (κ3) is 5.85. The van der Waals surface area contributed by atoms with Gasteiger partial charge in [0, 0.05) is 11.4 Å². The van der Waals surface area contributed by atoms with E-state index in [4.69, 9.17) is 9.47 Å². The van der Waals surface area contributed by atoms with Crippen molar-refractivity contribution in [3.8, 4) is 17.6 Å². The van der Waals surface area contributed by atoms with Crippen molar-refractivity contribution in [3.63, 3.8) is 0 Å². The average Bonchev–Trinajstić information content (AvgIpc) is 2.46. The monoisotopic (exact) mass is 322 g/mol. The summed E-state index contributed by atoms with van der Waals surface area (Å²) in [5, 5.41) is 0. The molecule has 1 rings (SSSR count). The number of rotatable bonds is 6. The summed E-state index contributed by atoms with van der Waals surface area (Å²) in [5.74, 6) is 7.85. The molecule has 0 unspecified atom stereocenters. The van der Waals surface area contributed by atoms with Gasteiger partial charge in [0.1, 0.15) is 18.1 Å². The summed E-state index contributed by atoms with van der Waals surface area (Å²) in [4.78, 5) is 1.71. The number of hydrogen-bond donors (Lipinski definition) is 0. The number of para-hydroxylation sites is 1. The lowest BCUT2D eigenvalue weighted by atomic mass is 10.2. The van der Waals surface area contributed by atoms with E-state index in [-0.39, 0.29) is 0 Å². The zero-order valence-electron chi connectivity index (χ0n) is 11.4. The average molecular weight is 323 g/mol. The largest absolute Gasteiger partial charge is 0.497 e. The number of ether oxygens (including phenoxy) is 2. The third-order valence-corrected chi connectivity index (χ3v) is 3.03. The molecule has 0 radical (unpaired) electrons. The lowest BCUT2D eigenvalue weighted by Gasteiger charge is -2.09. The molecule has 1 aromatic rings. The minimum absolute atomic E-state index is 0.384. The lowest BCUT2D eigenvalue weighted by molar-refractivity contribution is 0.220. The maximum Gasteiger partial charge on any atom is 0.146 e. The molecule has 0 bridgehead atoms. The highest BCUT2D eigenvalue weighted by Crippen LogP contribution is 2.18. The minimum Gasteiger partial charge on any atom is -0.497 e. The first kappa shape index (κ1) is 15.7. The molecular formula is C16H19BrO2. The predicted molar refractivity (Wildman–Crippen MR) is 82.4 cm³/mol. The Kier molecular flexibility index (Phi) is 7.84. The van der Waals surface area contributed by atoms with Crippen LogP contribution in [0.5, 0.6) is 5.75 Å². The van der Waals surface area contributed by atoms with Gasteiger partial charge in [-0.2, -0.15) is 0 Å². The van der Waals surface area contributed by atoms with Crippen molar-refractivity contribution in [2.45, 2.75) is 26.2 Å². The van der Waals surface area contributed by atoms with Gasteiger partial charge in [-0.3, -0.25) is 0 Å². The Labute approximate surface area is 123 Å². The fourth-order valence-electron chi connectivity index (χ4n) is 1.40. The number of benzene rings is 1. The number of methoxy groups -OCH3 is 1. The molecule has 1 aromatic carbocycles. The second-order valence-electron chi connectivity index (χ2n) is 3.97. The Hall–Kier alpha value is -1.40. The van der Waals surface area contributed by atoms with Crippen LogP contribution in [0.4, 0.5) is 0 Å². The molecule has 102 valence electrons. The first-order valence-electron chi connectivity index (χ1n) is 6.35. The smallest absolute Gasteiger partial charge is 0.146 e. The topological polar surface area (TPSA) is 18.5 Å². The molecule has 2 nitrogen and oxygen atoms in total. The molecular weight excluding hydrogens is 304 g/mol. The van der Waals surface area contributed by atoms with E-state index in [0.29, 0.717) is 6.61 Å². The van der Waals surface area contributed by atoms with E-state index in [1.807, 2.05) is 24.3 Å². The molecule has 0 saturated carbocycles. The van der Waals surface area contributed by atoms with Gasteiger partial charge in [-0.25, -0.2) is 0 Å². The van der Waals surface area contributed by atoms with Crippen LogP contribution >= 0.6 is 15.9 Å². The Balaban J connectivity index is 2.69. The highest BCUT2D eigenvalue weighted by Gasteiger charge is 2.02. The van der Waals surface area contributed by atoms with Gasteiger partial charge in [0.25, 0.3) is 0 Å². The fraction of sp³-hybridized carbons (Fsp3) is 0.375. The molecule has 0 heterocycles. The molecule has 0 atom stereocenters. The van der Waals surface area contributed by atoms with Crippen LogP contribution in [-0.2, 0) is 4.74 Å². The van der Waals surface area contributed by atoms with Gasteiger partial charge >= 0.3 is 0 Å². The Bertz CT molecular complexity index is 469. The van der Waals surface area contributed by atoms with Crippen molar-refractivity contribution in [1.29, 1.82) is 0 Å². The summed E-state index contributed by atoms with van der Waals surface area (Å²) in [6, 6.07) is 7.80. The summed E-state index contributed by atoms with van der Waals surface area (Å²) in [7, 11) is 1.62. The summed E-state index contributed by atoms with van der Waals surface area (Å²) < 4.78 is 10.8. The number of halogens is 1. The zero-order valence-corrected chi connectivity index (χ0v) is 13.0. The molecule has 0 fully saturated rings. The zero-order chi connectivity index (χ0) is 13.9. The van der Waals surface area contributed by atoms with Crippen molar-refractivity contribution in [2.75, 3.05) is 13.7 Å². The standard InChI is InChI=1S/C16H19BrO2/c1-3-4-5-6-9-14-10-7-8-11-16(14)19-13-15(12-17)18-2/h7-8,10-12H,3-5,13H2,1-2H3/b15-12-. The molecule has 3 heteroatoms. The lowest BCUT2D eigenvalue weighted by Crippen LogP contribution is -2.03. The SMILES string of the molecule is CCCCC#Cc1ccccc1OC/C(=C/Br)OC. The Morgan fingerprint density at radius 3 is 2.84 bits per heavy atom. The Morgan fingerprint density at radius 2 is 2.16 bits per heavy atom. The molecule has 19 heavy (non-hydrogen) atoms. The molecule has 0 amide bonds. The second kappa shape index (κ2) is 9.52. The van der Waals surface area contributed by atoms with Crippen LogP contribution < -0.4 is 4.74 Å². The van der Waals surface area contributed by atoms with E-state index in [1.165, 1.54) is 6.42 Å². The third-order valence-electron chi connectivity index (χ3n) is 2.52. The normalized spacial score (nSPS) is 10.6. The predicted octanol–water partition coefficient (Wildman–Crippen LogP) is 4.49. The van der Waals surface area contributed by atoms with E-state index in [2.05, 4.69) is 34.7 Å². The van der Waals surface area contributed by atoms with E-state index in [9.17, 15) is 0 Å². The first-order valence-corrected chi connectivity index (χ1v) is 7.27. The van der Waals surface area contributed by atoms with Gasteiger partial charge < -0.3 is 9.47 Å². The van der Waals surface area contributed by atoms with Crippen LogP contribution in [0.25, 0.3) is 0 Å². The van der Waals surface area contributed by atoms with Crippen LogP contribution in [0.3, 0.4) is 0 Å². The molecule has 0 aliphatic carbocycles. The number of hydrogen-bond acceptors (Lipinski definition) is 2. The van der Waals surface area contributed by atoms with Crippen LogP contribution in [0.15, 0.2) is 35.0 Å². The molecule has 0 N–H and O–H groups in total. The van der Waals surface area contributed by atoms with Gasteiger partial charge in [0.05, 0.1) is 12.7 Å². The summed E-state index contributed by atoms with van der Waals surface area (Å²) in [6.45, 7) is 2.55. The van der Waals surface area contributed by atoms with Crippen LogP contribution in [0.2, 0.25) is 0 Å². The molecule has 0 aromatic heterocycles. The van der Waals surface area contributed by atoms with E-state index < -0.39 is 0 Å². The van der Waals surface area contributed by atoms with E-state index in [0.717, 1.165) is 29.9 Å². The first-order chi connectivity index (χ1) is 9.31. The van der Waals surface area contributed by atoms with Gasteiger partial charge in [0.15, 0.2) is 0 Å². The maximum atomic E-state index is 5.71. The summed E-state index contributed by atoms with van der Waals surface area (Å²) in [5.41, 5.74) is 0.920. The van der Waals surface area contributed by atoms with Gasteiger partial charge in [-0.15, -0.1) is 0 Å². The van der Waals surface area contributed by atoms with Crippen molar-refractivity contribution in [1.82, 2.24) is 0 Å². The minimum atomic E-state index is 0.384. The van der Waals surface area contributed by atoms with Crippen molar-refractivity contribution in [3.05, 3.63) is 40.6 Å². The molecule has 0 aliphatic heterocycles. The molecule has 0 saturated heterocycles. The highest BCUT2D eigenvalue weighted by molar-refractivity contribution is 9.11. The van der Waals surface area contributed by atoms with E-state index >= 15 is 0 Å². The maximum absolute atomic E-state index is 5.71.